The van der Waals surface area contributed by atoms with E-state index in [9.17, 15) is 0 Å². The van der Waals surface area contributed by atoms with Crippen molar-refractivity contribution in [3.63, 3.8) is 0 Å². The van der Waals surface area contributed by atoms with E-state index in [1.54, 1.807) is 0 Å². The number of rotatable bonds is 2. The van der Waals surface area contributed by atoms with Crippen LogP contribution in [0, 0.1) is 0 Å². The standard InChI is InChI=1S/C8H13ClN4S/c1-5(9)7-10-11-12-13(7)6-4-14-8(6,2)3/h5-6H,4H2,1-3H3. The number of hydrogen-bond donors (Lipinski definition) is 0. The van der Waals surface area contributed by atoms with Gasteiger partial charge in [-0.3, -0.25) is 0 Å². The van der Waals surface area contributed by atoms with Crippen molar-refractivity contribution in [1.29, 1.82) is 0 Å². The normalized spacial score (nSPS) is 27.0. The highest BCUT2D eigenvalue weighted by Crippen LogP contribution is 2.48. The van der Waals surface area contributed by atoms with Gasteiger partial charge in [-0.1, -0.05) is 0 Å². The fourth-order valence-electron chi connectivity index (χ4n) is 1.54. The molecular formula is C8H13ClN4S. The lowest BCUT2D eigenvalue weighted by molar-refractivity contribution is 0.366. The zero-order valence-corrected chi connectivity index (χ0v) is 10.0. The van der Waals surface area contributed by atoms with E-state index < -0.39 is 0 Å². The first-order valence-corrected chi connectivity index (χ1v) is 6.00. The van der Waals surface area contributed by atoms with Crippen LogP contribution < -0.4 is 0 Å². The van der Waals surface area contributed by atoms with E-state index in [2.05, 4.69) is 29.4 Å². The summed E-state index contributed by atoms with van der Waals surface area (Å²) in [5, 5.41) is 11.5. The first kappa shape index (κ1) is 10.2. The van der Waals surface area contributed by atoms with E-state index in [0.29, 0.717) is 6.04 Å². The maximum atomic E-state index is 6.00. The van der Waals surface area contributed by atoms with Crippen LogP contribution in [0.5, 0.6) is 0 Å². The first-order valence-electron chi connectivity index (χ1n) is 4.58. The van der Waals surface area contributed by atoms with E-state index in [1.165, 1.54) is 0 Å². The maximum Gasteiger partial charge on any atom is 0.169 e. The van der Waals surface area contributed by atoms with E-state index in [1.807, 2.05) is 23.4 Å². The maximum absolute atomic E-state index is 6.00. The van der Waals surface area contributed by atoms with Gasteiger partial charge in [-0.05, 0) is 31.2 Å². The number of alkyl halides is 1. The molecule has 0 spiro atoms. The van der Waals surface area contributed by atoms with Gasteiger partial charge in [0.25, 0.3) is 0 Å². The second-order valence-corrected chi connectivity index (χ2v) is 6.36. The molecule has 0 amide bonds. The van der Waals surface area contributed by atoms with Gasteiger partial charge in [0.15, 0.2) is 5.82 Å². The van der Waals surface area contributed by atoms with Gasteiger partial charge in [-0.15, -0.1) is 16.7 Å². The van der Waals surface area contributed by atoms with Gasteiger partial charge in [-0.2, -0.15) is 11.8 Å². The number of nitrogens with zero attached hydrogens (tertiary/aromatic N) is 4. The Hall–Kier alpha value is -0.290. The van der Waals surface area contributed by atoms with Gasteiger partial charge in [0.2, 0.25) is 0 Å². The van der Waals surface area contributed by atoms with Crippen molar-refractivity contribution >= 4 is 23.4 Å². The molecule has 2 heterocycles. The molecule has 2 atom stereocenters. The van der Waals surface area contributed by atoms with Gasteiger partial charge < -0.3 is 0 Å². The molecule has 1 fully saturated rings. The molecule has 0 aromatic carbocycles. The molecule has 1 saturated heterocycles. The van der Waals surface area contributed by atoms with Crippen LogP contribution in [0.1, 0.15) is 38.0 Å². The second kappa shape index (κ2) is 3.38. The summed E-state index contributed by atoms with van der Waals surface area (Å²) >= 11 is 7.93. The third-order valence-corrected chi connectivity index (χ3v) is 4.28. The lowest BCUT2D eigenvalue weighted by Crippen LogP contribution is -2.43. The number of hydrogen-bond acceptors (Lipinski definition) is 4. The van der Waals surface area contributed by atoms with Crippen LogP contribution in [0.2, 0.25) is 0 Å². The summed E-state index contributed by atoms with van der Waals surface area (Å²) in [6, 6.07) is 0.374. The number of tetrazole rings is 1. The molecule has 0 bridgehead atoms. The van der Waals surface area contributed by atoms with Crippen LogP contribution >= 0.6 is 23.4 Å². The zero-order valence-electron chi connectivity index (χ0n) is 8.44. The van der Waals surface area contributed by atoms with Crippen LogP contribution in [-0.4, -0.2) is 30.7 Å². The Kier molecular flexibility index (Phi) is 2.47. The molecular weight excluding hydrogens is 220 g/mol. The van der Waals surface area contributed by atoms with Crippen molar-refractivity contribution in [3.8, 4) is 0 Å². The molecule has 14 heavy (non-hydrogen) atoms. The molecule has 2 unspecified atom stereocenters. The Morgan fingerprint density at radius 3 is 2.79 bits per heavy atom. The molecule has 0 N–H and O–H groups in total. The summed E-state index contributed by atoms with van der Waals surface area (Å²) < 4.78 is 2.09. The first-order chi connectivity index (χ1) is 6.52. The Balaban J connectivity index is 2.28. The smallest absolute Gasteiger partial charge is 0.169 e. The highest BCUT2D eigenvalue weighted by atomic mass is 35.5. The Morgan fingerprint density at radius 1 is 1.64 bits per heavy atom. The molecule has 4 nitrogen and oxygen atoms in total. The lowest BCUT2D eigenvalue weighted by atomic mass is 10.0. The summed E-state index contributed by atoms with van der Waals surface area (Å²) in [7, 11) is 0. The van der Waals surface area contributed by atoms with Crippen LogP contribution in [0.3, 0.4) is 0 Å². The minimum absolute atomic E-state index is 0.133. The molecule has 1 aromatic rings. The van der Waals surface area contributed by atoms with Crippen molar-refractivity contribution in [1.82, 2.24) is 20.2 Å². The van der Waals surface area contributed by atoms with Crippen molar-refractivity contribution in [2.75, 3.05) is 5.75 Å². The summed E-state index contributed by atoms with van der Waals surface area (Å²) in [5.41, 5.74) is 0. The van der Waals surface area contributed by atoms with Crippen LogP contribution in [0.15, 0.2) is 0 Å². The van der Waals surface area contributed by atoms with E-state index in [0.717, 1.165) is 11.6 Å². The van der Waals surface area contributed by atoms with Crippen LogP contribution in [-0.2, 0) is 0 Å². The topological polar surface area (TPSA) is 43.6 Å². The third kappa shape index (κ3) is 1.52. The number of halogens is 1. The van der Waals surface area contributed by atoms with Crippen molar-refractivity contribution in [3.05, 3.63) is 5.82 Å². The van der Waals surface area contributed by atoms with Crippen molar-refractivity contribution < 1.29 is 0 Å². The minimum atomic E-state index is -0.133. The molecule has 0 aliphatic carbocycles. The molecule has 6 heteroatoms. The van der Waals surface area contributed by atoms with Gasteiger partial charge >= 0.3 is 0 Å². The molecule has 1 aliphatic heterocycles. The summed E-state index contributed by atoms with van der Waals surface area (Å²) in [5.74, 6) is 1.83. The SMILES string of the molecule is CC(Cl)c1nnnn1C1CSC1(C)C. The average Bonchev–Trinajstić information content (AvgIpc) is 2.51. The summed E-state index contributed by atoms with van der Waals surface area (Å²) in [4.78, 5) is 0. The summed E-state index contributed by atoms with van der Waals surface area (Å²) in [6.45, 7) is 6.30. The molecule has 0 saturated carbocycles. The Bertz CT molecular complexity index is 336. The van der Waals surface area contributed by atoms with E-state index >= 15 is 0 Å². The van der Waals surface area contributed by atoms with Crippen LogP contribution in [0.4, 0.5) is 0 Å². The fraction of sp³-hybridized carbons (Fsp3) is 0.875. The van der Waals surface area contributed by atoms with Crippen LogP contribution in [0.25, 0.3) is 0 Å². The highest BCUT2D eigenvalue weighted by Gasteiger charge is 2.43. The minimum Gasteiger partial charge on any atom is -0.223 e. The lowest BCUT2D eigenvalue weighted by Gasteiger charge is -2.43. The largest absolute Gasteiger partial charge is 0.223 e. The third-order valence-electron chi connectivity index (χ3n) is 2.58. The molecule has 78 valence electrons. The average molecular weight is 233 g/mol. The summed E-state index contributed by atoms with van der Waals surface area (Å²) in [6.07, 6.45) is 0. The monoisotopic (exact) mass is 232 g/mol. The number of aromatic nitrogens is 4. The van der Waals surface area contributed by atoms with E-state index in [4.69, 9.17) is 11.6 Å². The zero-order chi connectivity index (χ0) is 10.3. The Labute approximate surface area is 92.4 Å². The quantitative estimate of drug-likeness (QED) is 0.732. The Morgan fingerprint density at radius 2 is 2.36 bits per heavy atom. The molecule has 1 aromatic heterocycles. The molecule has 1 aliphatic rings. The van der Waals surface area contributed by atoms with Gasteiger partial charge in [-0.25, -0.2) is 4.68 Å². The predicted molar refractivity (Wildman–Crippen MR) is 57.7 cm³/mol. The van der Waals surface area contributed by atoms with Gasteiger partial charge in [0.05, 0.1) is 11.4 Å². The van der Waals surface area contributed by atoms with Crippen molar-refractivity contribution in [2.45, 2.75) is 36.9 Å². The van der Waals surface area contributed by atoms with Gasteiger partial charge in [0, 0.05) is 10.5 Å². The second-order valence-electron chi connectivity index (χ2n) is 4.03. The number of thioether (sulfide) groups is 1. The molecule has 2 rings (SSSR count). The van der Waals surface area contributed by atoms with E-state index in [-0.39, 0.29) is 10.1 Å². The molecule has 0 radical (unpaired) electrons. The fourth-order valence-corrected chi connectivity index (χ4v) is 2.91. The van der Waals surface area contributed by atoms with Crippen molar-refractivity contribution in [2.24, 2.45) is 0 Å². The highest BCUT2D eigenvalue weighted by molar-refractivity contribution is 8.02. The van der Waals surface area contributed by atoms with Gasteiger partial charge in [0.1, 0.15) is 0 Å². The predicted octanol–water partition coefficient (Wildman–Crippen LogP) is 2.04.